The van der Waals surface area contributed by atoms with Crippen LogP contribution in [0.3, 0.4) is 0 Å². The van der Waals surface area contributed by atoms with Gasteiger partial charge in [0.05, 0.1) is 45.6 Å². The highest BCUT2D eigenvalue weighted by molar-refractivity contribution is 5.26. The van der Waals surface area contributed by atoms with Crippen molar-refractivity contribution in [1.82, 2.24) is 0 Å². The molecular weight excluding hydrogens is 308 g/mol. The molecule has 0 aliphatic carbocycles. The van der Waals surface area contributed by atoms with Gasteiger partial charge in [-0.3, -0.25) is 0 Å². The molecule has 5 heteroatoms. The minimum atomic E-state index is -0.708. The number of methoxy groups -OCH3 is 1. The van der Waals surface area contributed by atoms with Gasteiger partial charge in [0.2, 0.25) is 0 Å². The number of terminal acetylenes is 2. The lowest BCUT2D eigenvalue weighted by atomic mass is 9.92. The normalized spacial score (nSPS) is 10.8. The van der Waals surface area contributed by atoms with Gasteiger partial charge in [0.15, 0.2) is 0 Å². The zero-order chi connectivity index (χ0) is 17.7. The van der Waals surface area contributed by atoms with E-state index in [9.17, 15) is 5.11 Å². The van der Waals surface area contributed by atoms with Crippen LogP contribution in [0.1, 0.15) is 5.56 Å². The van der Waals surface area contributed by atoms with Gasteiger partial charge in [0.25, 0.3) is 0 Å². The summed E-state index contributed by atoms with van der Waals surface area (Å²) < 4.78 is 21.6. The molecule has 0 aliphatic rings. The summed E-state index contributed by atoms with van der Waals surface area (Å²) in [7, 11) is 1.62. The topological polar surface area (TPSA) is 57.2 Å². The highest BCUT2D eigenvalue weighted by Gasteiger charge is 2.31. The average Bonchev–Trinajstić information content (AvgIpc) is 2.62. The van der Waals surface area contributed by atoms with Crippen molar-refractivity contribution in [2.75, 3.05) is 46.8 Å². The van der Waals surface area contributed by atoms with Crippen LogP contribution in [0.2, 0.25) is 0 Å². The minimum Gasteiger partial charge on any atom is -0.497 e. The van der Waals surface area contributed by atoms with Crippen molar-refractivity contribution in [2.24, 2.45) is 5.41 Å². The van der Waals surface area contributed by atoms with Gasteiger partial charge in [0, 0.05) is 0 Å². The van der Waals surface area contributed by atoms with E-state index in [0.29, 0.717) is 6.61 Å². The zero-order valence-electron chi connectivity index (χ0n) is 14.0. The molecule has 0 heterocycles. The summed E-state index contributed by atoms with van der Waals surface area (Å²) in [5, 5.41) is 9.78. The molecule has 0 atom stereocenters. The van der Waals surface area contributed by atoms with Gasteiger partial charge in [-0.15, -0.1) is 12.8 Å². The molecule has 1 aromatic carbocycles. The third-order valence-electron chi connectivity index (χ3n) is 3.36. The maximum atomic E-state index is 9.78. The molecule has 130 valence electrons. The Hall–Kier alpha value is -2.02. The van der Waals surface area contributed by atoms with E-state index in [0.717, 1.165) is 11.3 Å². The lowest BCUT2D eigenvalue weighted by Crippen LogP contribution is -2.41. The summed E-state index contributed by atoms with van der Waals surface area (Å²) in [6.07, 6.45) is 10.4. The quantitative estimate of drug-likeness (QED) is 0.464. The van der Waals surface area contributed by atoms with Crippen LogP contribution in [0.4, 0.5) is 0 Å². The smallest absolute Gasteiger partial charge is 0.118 e. The molecule has 0 unspecified atom stereocenters. The van der Waals surface area contributed by atoms with Crippen molar-refractivity contribution in [3.05, 3.63) is 29.8 Å². The first-order valence-corrected chi connectivity index (χ1v) is 7.53. The van der Waals surface area contributed by atoms with Crippen LogP contribution in [-0.4, -0.2) is 51.9 Å². The van der Waals surface area contributed by atoms with E-state index < -0.39 is 5.41 Å². The Balaban J connectivity index is 2.57. The predicted molar refractivity (Wildman–Crippen MR) is 91.5 cm³/mol. The number of aliphatic hydroxyl groups is 1. The van der Waals surface area contributed by atoms with Crippen molar-refractivity contribution in [3.8, 4) is 30.4 Å². The minimum absolute atomic E-state index is 0.162. The maximum absolute atomic E-state index is 9.78. The van der Waals surface area contributed by atoms with Crippen LogP contribution >= 0.6 is 0 Å². The Kier molecular flexibility index (Phi) is 9.60. The molecule has 5 nitrogen and oxygen atoms in total. The van der Waals surface area contributed by atoms with E-state index in [2.05, 4.69) is 11.8 Å². The highest BCUT2D eigenvalue weighted by Crippen LogP contribution is 2.20. The molecule has 0 aromatic heterocycles. The number of hydrogen-bond donors (Lipinski definition) is 1. The molecule has 1 aromatic rings. The van der Waals surface area contributed by atoms with Crippen molar-refractivity contribution in [3.63, 3.8) is 0 Å². The Morgan fingerprint density at radius 2 is 1.50 bits per heavy atom. The van der Waals surface area contributed by atoms with E-state index in [1.54, 1.807) is 7.11 Å². The molecule has 0 spiro atoms. The van der Waals surface area contributed by atoms with Crippen LogP contribution < -0.4 is 4.74 Å². The molecule has 24 heavy (non-hydrogen) atoms. The van der Waals surface area contributed by atoms with Gasteiger partial charge in [-0.25, -0.2) is 0 Å². The Morgan fingerprint density at radius 3 is 1.96 bits per heavy atom. The van der Waals surface area contributed by atoms with Gasteiger partial charge >= 0.3 is 0 Å². The van der Waals surface area contributed by atoms with Crippen molar-refractivity contribution in [1.29, 1.82) is 0 Å². The predicted octanol–water partition coefficient (Wildman–Crippen LogP) is 1.49. The van der Waals surface area contributed by atoms with Crippen molar-refractivity contribution < 1.29 is 24.1 Å². The van der Waals surface area contributed by atoms with Crippen LogP contribution in [0.5, 0.6) is 5.75 Å². The molecule has 0 radical (unpaired) electrons. The third-order valence-corrected chi connectivity index (χ3v) is 3.36. The Bertz CT molecular complexity index is 518. The number of hydrogen-bond acceptors (Lipinski definition) is 5. The standard InChI is InChI=1S/C19H24O5/c1-4-10-22-14-19(13-20,15-23-11-5-2)16-24-12-17-6-8-18(21-3)9-7-17/h1-2,6-9,20H,10-16H2,3H3. The second kappa shape index (κ2) is 11.5. The Morgan fingerprint density at radius 1 is 0.958 bits per heavy atom. The molecule has 1 N–H and O–H groups in total. The number of ether oxygens (including phenoxy) is 4. The molecule has 0 bridgehead atoms. The van der Waals surface area contributed by atoms with E-state index >= 15 is 0 Å². The van der Waals surface area contributed by atoms with Crippen LogP contribution in [-0.2, 0) is 20.8 Å². The molecule has 0 aliphatic heterocycles. The lowest BCUT2D eigenvalue weighted by Gasteiger charge is -2.30. The second-order valence-corrected chi connectivity index (χ2v) is 5.39. The summed E-state index contributed by atoms with van der Waals surface area (Å²) in [5.41, 5.74) is 0.289. The molecular formula is C19H24O5. The van der Waals surface area contributed by atoms with Gasteiger partial charge in [-0.2, -0.15) is 0 Å². The highest BCUT2D eigenvalue weighted by atomic mass is 16.5. The molecule has 0 fully saturated rings. The fraction of sp³-hybridized carbons (Fsp3) is 0.474. The fourth-order valence-electron chi connectivity index (χ4n) is 2.02. The van der Waals surface area contributed by atoms with E-state index in [1.807, 2.05) is 24.3 Å². The molecule has 0 amide bonds. The molecule has 1 rings (SSSR count). The monoisotopic (exact) mass is 332 g/mol. The first-order valence-electron chi connectivity index (χ1n) is 7.53. The van der Waals surface area contributed by atoms with Crippen LogP contribution in [0.25, 0.3) is 0 Å². The average molecular weight is 332 g/mol. The van der Waals surface area contributed by atoms with Gasteiger partial charge in [-0.1, -0.05) is 24.0 Å². The summed E-state index contributed by atoms with van der Waals surface area (Å²) >= 11 is 0. The Labute approximate surface area is 143 Å². The maximum Gasteiger partial charge on any atom is 0.118 e. The largest absolute Gasteiger partial charge is 0.497 e. The van der Waals surface area contributed by atoms with E-state index in [1.165, 1.54) is 0 Å². The number of benzene rings is 1. The van der Waals surface area contributed by atoms with Gasteiger partial charge < -0.3 is 24.1 Å². The van der Waals surface area contributed by atoms with Crippen LogP contribution in [0.15, 0.2) is 24.3 Å². The summed E-state index contributed by atoms with van der Waals surface area (Å²) in [5.74, 6) is 5.58. The van der Waals surface area contributed by atoms with Crippen molar-refractivity contribution in [2.45, 2.75) is 6.61 Å². The summed E-state index contributed by atoms with van der Waals surface area (Å²) in [6, 6.07) is 7.57. The summed E-state index contributed by atoms with van der Waals surface area (Å²) in [4.78, 5) is 0. The first-order chi connectivity index (χ1) is 11.7. The number of rotatable bonds is 12. The van der Waals surface area contributed by atoms with Gasteiger partial charge in [0.1, 0.15) is 19.0 Å². The zero-order valence-corrected chi connectivity index (χ0v) is 14.0. The van der Waals surface area contributed by atoms with E-state index in [4.69, 9.17) is 31.8 Å². The third kappa shape index (κ3) is 7.04. The van der Waals surface area contributed by atoms with E-state index in [-0.39, 0.29) is 39.6 Å². The SMILES string of the molecule is C#CCOCC(CO)(COCC#C)COCc1ccc(OC)cc1. The van der Waals surface area contributed by atoms with Gasteiger partial charge in [-0.05, 0) is 17.7 Å². The lowest BCUT2D eigenvalue weighted by molar-refractivity contribution is -0.0880. The molecule has 0 saturated carbocycles. The second-order valence-electron chi connectivity index (χ2n) is 5.39. The summed E-state index contributed by atoms with van der Waals surface area (Å²) in [6.45, 7) is 1.26. The fourth-order valence-corrected chi connectivity index (χ4v) is 2.02. The number of aliphatic hydroxyl groups excluding tert-OH is 1. The first kappa shape index (κ1) is 20.0. The molecule has 0 saturated heterocycles. The van der Waals surface area contributed by atoms with Crippen molar-refractivity contribution >= 4 is 0 Å². The van der Waals surface area contributed by atoms with Crippen LogP contribution in [0, 0.1) is 30.1 Å².